The van der Waals surface area contributed by atoms with Gasteiger partial charge in [0.15, 0.2) is 5.65 Å². The molecule has 0 bridgehead atoms. The minimum absolute atomic E-state index is 0.118. The lowest BCUT2D eigenvalue weighted by molar-refractivity contribution is 0.606. The van der Waals surface area contributed by atoms with Gasteiger partial charge in [-0.3, -0.25) is 4.40 Å². The molecule has 0 aliphatic heterocycles. The summed E-state index contributed by atoms with van der Waals surface area (Å²) < 4.78 is 23.5. The molecule has 2 aromatic rings. The third kappa shape index (κ3) is 1.45. The van der Waals surface area contributed by atoms with Crippen LogP contribution < -0.4 is 0 Å². The van der Waals surface area contributed by atoms with Crippen LogP contribution in [-0.4, -0.2) is 22.8 Å². The van der Waals surface area contributed by atoms with Crippen LogP contribution in [0, 0.1) is 0 Å². The van der Waals surface area contributed by atoms with E-state index in [-0.39, 0.29) is 10.7 Å². The number of nitrogens with zero attached hydrogens (tertiary/aromatic N) is 3. The van der Waals surface area contributed by atoms with Crippen molar-refractivity contribution in [1.29, 1.82) is 0 Å². The lowest BCUT2D eigenvalue weighted by Gasteiger charge is -1.97. The van der Waals surface area contributed by atoms with Gasteiger partial charge in [-0.2, -0.15) is 0 Å². The average Bonchev–Trinajstić information content (AvgIpc) is 2.46. The first-order valence-electron chi connectivity index (χ1n) is 3.42. The van der Waals surface area contributed by atoms with E-state index < -0.39 is 9.05 Å². The molecule has 0 unspecified atom stereocenters. The van der Waals surface area contributed by atoms with Crippen molar-refractivity contribution in [1.82, 2.24) is 14.4 Å². The number of hydrogen-bond donors (Lipinski definition) is 0. The second-order valence-electron chi connectivity index (χ2n) is 2.44. The Morgan fingerprint density at radius 2 is 2.07 bits per heavy atom. The van der Waals surface area contributed by atoms with Crippen molar-refractivity contribution in [3.8, 4) is 0 Å². The Morgan fingerprint density at radius 1 is 1.36 bits per heavy atom. The van der Waals surface area contributed by atoms with Gasteiger partial charge in [-0.25, -0.2) is 18.4 Å². The molecule has 0 aliphatic rings. The fourth-order valence-corrected chi connectivity index (χ4v) is 2.11. The van der Waals surface area contributed by atoms with Crippen molar-refractivity contribution in [3.63, 3.8) is 0 Å². The topological polar surface area (TPSA) is 64.3 Å². The van der Waals surface area contributed by atoms with E-state index in [1.165, 1.54) is 23.0 Å². The van der Waals surface area contributed by atoms with Gasteiger partial charge in [-0.15, -0.1) is 0 Å². The quantitative estimate of drug-likeness (QED) is 0.718. The van der Waals surface area contributed by atoms with Crippen LogP contribution in [0.4, 0.5) is 0 Å². The maximum Gasteiger partial charge on any atom is 0.282 e. The standard InChI is InChI=1S/C6H3Cl2N3O2S/c7-4-3-10-5-6(14(8,12)13)9-1-2-11(4)5/h1-3H. The van der Waals surface area contributed by atoms with E-state index in [0.717, 1.165) is 0 Å². The zero-order chi connectivity index (χ0) is 10.3. The normalized spacial score (nSPS) is 12.1. The predicted molar refractivity (Wildman–Crippen MR) is 51.0 cm³/mol. The molecule has 2 heterocycles. The molecule has 0 radical (unpaired) electrons. The maximum atomic E-state index is 11.1. The molecule has 0 N–H and O–H groups in total. The Balaban J connectivity index is 2.92. The Hall–Kier alpha value is -0.850. The summed E-state index contributed by atoms with van der Waals surface area (Å²) >= 11 is 5.73. The number of fused-ring (bicyclic) bond motifs is 1. The Labute approximate surface area is 88.7 Å². The average molecular weight is 252 g/mol. The minimum atomic E-state index is -3.90. The van der Waals surface area contributed by atoms with Crippen LogP contribution >= 0.6 is 22.3 Å². The number of halogens is 2. The fraction of sp³-hybridized carbons (Fsp3) is 0. The summed E-state index contributed by atoms with van der Waals surface area (Å²) in [6, 6.07) is 0. The van der Waals surface area contributed by atoms with E-state index in [4.69, 9.17) is 22.3 Å². The second kappa shape index (κ2) is 3.08. The summed E-state index contributed by atoms with van der Waals surface area (Å²) in [5.41, 5.74) is 0.118. The summed E-state index contributed by atoms with van der Waals surface area (Å²) in [6.07, 6.45) is 4.11. The molecule has 5 nitrogen and oxygen atoms in total. The highest BCUT2D eigenvalue weighted by Crippen LogP contribution is 2.19. The van der Waals surface area contributed by atoms with Gasteiger partial charge in [-0.05, 0) is 0 Å². The van der Waals surface area contributed by atoms with Gasteiger partial charge in [0.05, 0.1) is 6.20 Å². The maximum absolute atomic E-state index is 11.1. The third-order valence-electron chi connectivity index (χ3n) is 1.58. The van der Waals surface area contributed by atoms with Crippen molar-refractivity contribution in [2.75, 3.05) is 0 Å². The second-order valence-corrected chi connectivity index (χ2v) is 5.31. The highest BCUT2D eigenvalue weighted by atomic mass is 35.7. The lowest BCUT2D eigenvalue weighted by Crippen LogP contribution is -1.99. The minimum Gasteiger partial charge on any atom is -0.287 e. The van der Waals surface area contributed by atoms with Crippen LogP contribution in [-0.2, 0) is 9.05 Å². The molecule has 0 saturated heterocycles. The molecule has 74 valence electrons. The summed E-state index contributed by atoms with van der Waals surface area (Å²) in [5, 5.41) is -0.00228. The number of aromatic nitrogens is 3. The summed E-state index contributed by atoms with van der Waals surface area (Å²) in [7, 11) is 1.26. The van der Waals surface area contributed by atoms with Crippen LogP contribution in [0.1, 0.15) is 0 Å². The summed E-state index contributed by atoms with van der Waals surface area (Å²) in [6.45, 7) is 0. The summed E-state index contributed by atoms with van der Waals surface area (Å²) in [5.74, 6) is 0. The molecule has 0 aromatic carbocycles. The Bertz CT molecular complexity index is 592. The van der Waals surface area contributed by atoms with Crippen LogP contribution in [0.5, 0.6) is 0 Å². The smallest absolute Gasteiger partial charge is 0.282 e. The molecular formula is C6H3Cl2N3O2S. The van der Waals surface area contributed by atoms with Crippen LogP contribution in [0.2, 0.25) is 5.15 Å². The van der Waals surface area contributed by atoms with Gasteiger partial charge < -0.3 is 0 Å². The van der Waals surface area contributed by atoms with Gasteiger partial charge in [0, 0.05) is 23.1 Å². The van der Waals surface area contributed by atoms with Gasteiger partial charge in [-0.1, -0.05) is 11.6 Å². The molecule has 0 fully saturated rings. The van der Waals surface area contributed by atoms with Gasteiger partial charge in [0.2, 0.25) is 5.03 Å². The van der Waals surface area contributed by atoms with Crippen molar-refractivity contribution in [2.24, 2.45) is 0 Å². The first-order chi connectivity index (χ1) is 6.50. The summed E-state index contributed by atoms with van der Waals surface area (Å²) in [4.78, 5) is 7.42. The first-order valence-corrected chi connectivity index (χ1v) is 6.11. The highest BCUT2D eigenvalue weighted by Gasteiger charge is 2.18. The van der Waals surface area contributed by atoms with Crippen LogP contribution in [0.3, 0.4) is 0 Å². The first kappa shape index (κ1) is 9.70. The van der Waals surface area contributed by atoms with Crippen molar-refractivity contribution >= 4 is 37.0 Å². The fourth-order valence-electron chi connectivity index (χ4n) is 1.04. The largest absolute Gasteiger partial charge is 0.287 e. The van der Waals surface area contributed by atoms with Crippen molar-refractivity contribution in [3.05, 3.63) is 23.7 Å². The van der Waals surface area contributed by atoms with E-state index in [9.17, 15) is 8.42 Å². The van der Waals surface area contributed by atoms with Crippen LogP contribution in [0.15, 0.2) is 23.6 Å². The van der Waals surface area contributed by atoms with E-state index in [1.807, 2.05) is 0 Å². The number of rotatable bonds is 1. The third-order valence-corrected chi connectivity index (χ3v) is 3.05. The van der Waals surface area contributed by atoms with Crippen molar-refractivity contribution < 1.29 is 8.42 Å². The zero-order valence-corrected chi connectivity index (χ0v) is 8.88. The van der Waals surface area contributed by atoms with E-state index in [1.54, 1.807) is 0 Å². The molecule has 0 saturated carbocycles. The zero-order valence-electron chi connectivity index (χ0n) is 6.55. The van der Waals surface area contributed by atoms with Crippen LogP contribution in [0.25, 0.3) is 5.65 Å². The molecule has 0 amide bonds. The lowest BCUT2D eigenvalue weighted by atomic mass is 10.7. The molecule has 2 rings (SSSR count). The van der Waals surface area contributed by atoms with Gasteiger partial charge in [0.1, 0.15) is 5.15 Å². The van der Waals surface area contributed by atoms with E-state index in [0.29, 0.717) is 5.15 Å². The number of hydrogen-bond acceptors (Lipinski definition) is 4. The monoisotopic (exact) mass is 251 g/mol. The van der Waals surface area contributed by atoms with Gasteiger partial charge in [0.25, 0.3) is 9.05 Å². The molecule has 14 heavy (non-hydrogen) atoms. The molecular weight excluding hydrogens is 249 g/mol. The molecule has 2 aromatic heterocycles. The molecule has 8 heteroatoms. The Kier molecular flexibility index (Phi) is 2.13. The van der Waals surface area contributed by atoms with Crippen molar-refractivity contribution in [2.45, 2.75) is 5.03 Å². The molecule has 0 aliphatic carbocycles. The van der Waals surface area contributed by atoms with Gasteiger partial charge >= 0.3 is 0 Å². The highest BCUT2D eigenvalue weighted by molar-refractivity contribution is 8.13. The predicted octanol–water partition coefficient (Wildman–Crippen LogP) is 1.31. The van der Waals surface area contributed by atoms with E-state index >= 15 is 0 Å². The molecule has 0 spiro atoms. The SMILES string of the molecule is O=S(=O)(Cl)c1nccn2c(Cl)cnc12. The number of imidazole rings is 1. The molecule has 0 atom stereocenters. The van der Waals surface area contributed by atoms with E-state index in [2.05, 4.69) is 9.97 Å². The Morgan fingerprint density at radius 3 is 2.71 bits per heavy atom.